The number of aromatic nitrogens is 2. The molecule has 0 fully saturated rings. The van der Waals surface area contributed by atoms with E-state index in [0.717, 1.165) is 17.7 Å². The lowest BCUT2D eigenvalue weighted by Gasteiger charge is -2.11. The van der Waals surface area contributed by atoms with Crippen LogP contribution in [0.25, 0.3) is 11.3 Å². The van der Waals surface area contributed by atoms with Gasteiger partial charge in [-0.05, 0) is 48.5 Å². The Bertz CT molecular complexity index is 1030. The van der Waals surface area contributed by atoms with Crippen LogP contribution in [0.3, 0.4) is 0 Å². The lowest BCUT2D eigenvalue weighted by molar-refractivity contribution is 0.296. The van der Waals surface area contributed by atoms with E-state index in [0.29, 0.717) is 50.0 Å². The number of benzene rings is 2. The van der Waals surface area contributed by atoms with Crippen molar-refractivity contribution in [3.63, 3.8) is 0 Å². The second-order valence-electron chi connectivity index (χ2n) is 6.65. The molecular weight excluding hydrogens is 375 g/mol. The molecule has 150 valence electrons. The number of hydrogen-bond acceptors (Lipinski definition) is 5. The molecule has 0 bridgehead atoms. The molecule has 0 aliphatic carbocycles. The molecule has 1 aliphatic heterocycles. The molecule has 4 rings (SSSR count). The van der Waals surface area contributed by atoms with Gasteiger partial charge in [-0.1, -0.05) is 0 Å². The van der Waals surface area contributed by atoms with Crippen molar-refractivity contribution in [3.05, 3.63) is 70.8 Å². The van der Waals surface area contributed by atoms with Crippen LogP contribution in [0.15, 0.2) is 59.4 Å². The Hall–Kier alpha value is -3.35. The van der Waals surface area contributed by atoms with Crippen LogP contribution in [-0.4, -0.2) is 29.6 Å². The fourth-order valence-electron chi connectivity index (χ4n) is 3.02. The second-order valence-corrected chi connectivity index (χ2v) is 6.65. The first-order valence-electron chi connectivity index (χ1n) is 9.56. The highest BCUT2D eigenvalue weighted by molar-refractivity contribution is 5.63. The van der Waals surface area contributed by atoms with Crippen LogP contribution >= 0.6 is 0 Å². The predicted molar refractivity (Wildman–Crippen MR) is 106 cm³/mol. The minimum atomic E-state index is -0.306. The highest BCUT2D eigenvalue weighted by Crippen LogP contribution is 2.33. The molecule has 0 saturated carbocycles. The van der Waals surface area contributed by atoms with E-state index in [4.69, 9.17) is 14.2 Å². The maximum Gasteiger partial charge on any atom is 0.266 e. The normalized spacial score (nSPS) is 13.0. The summed E-state index contributed by atoms with van der Waals surface area (Å²) in [7, 11) is 0. The van der Waals surface area contributed by atoms with Gasteiger partial charge in [0, 0.05) is 31.0 Å². The molecule has 7 heteroatoms. The first-order valence-corrected chi connectivity index (χ1v) is 9.56. The summed E-state index contributed by atoms with van der Waals surface area (Å²) in [5.74, 6) is 1.69. The number of fused-ring (bicyclic) bond motifs is 1. The van der Waals surface area contributed by atoms with Crippen molar-refractivity contribution in [2.75, 3.05) is 19.8 Å². The quantitative estimate of drug-likeness (QED) is 0.595. The minimum absolute atomic E-state index is 0.176. The molecule has 0 amide bonds. The van der Waals surface area contributed by atoms with Crippen LogP contribution in [-0.2, 0) is 6.54 Å². The van der Waals surface area contributed by atoms with Gasteiger partial charge in [0.05, 0.1) is 25.5 Å². The zero-order valence-corrected chi connectivity index (χ0v) is 15.8. The number of ether oxygens (including phenoxy) is 3. The topological polar surface area (TPSA) is 62.6 Å². The van der Waals surface area contributed by atoms with Gasteiger partial charge in [-0.25, -0.2) is 9.07 Å². The zero-order chi connectivity index (χ0) is 20.1. The molecule has 0 N–H and O–H groups in total. The molecule has 6 nitrogen and oxygen atoms in total. The van der Waals surface area contributed by atoms with Gasteiger partial charge in [-0.15, -0.1) is 0 Å². The lowest BCUT2D eigenvalue weighted by atomic mass is 10.1. The van der Waals surface area contributed by atoms with Gasteiger partial charge in [-0.3, -0.25) is 4.79 Å². The first-order chi connectivity index (χ1) is 14.2. The van der Waals surface area contributed by atoms with Gasteiger partial charge in [0.25, 0.3) is 5.56 Å². The summed E-state index contributed by atoms with van der Waals surface area (Å²) in [6, 6.07) is 14.7. The molecule has 0 atom stereocenters. The molecule has 0 radical (unpaired) electrons. The third kappa shape index (κ3) is 4.74. The van der Waals surface area contributed by atoms with Gasteiger partial charge < -0.3 is 14.2 Å². The van der Waals surface area contributed by atoms with Crippen LogP contribution in [0, 0.1) is 5.82 Å². The zero-order valence-electron chi connectivity index (χ0n) is 15.8. The lowest BCUT2D eigenvalue weighted by Crippen LogP contribution is -2.23. The molecule has 3 aromatic rings. The van der Waals surface area contributed by atoms with Gasteiger partial charge in [-0.2, -0.15) is 5.10 Å². The largest absolute Gasteiger partial charge is 0.494 e. The Kier molecular flexibility index (Phi) is 5.74. The Morgan fingerprint density at radius 1 is 1.00 bits per heavy atom. The third-order valence-corrected chi connectivity index (χ3v) is 4.51. The summed E-state index contributed by atoms with van der Waals surface area (Å²) in [5.41, 5.74) is 1.36. The van der Waals surface area contributed by atoms with Crippen molar-refractivity contribution in [2.45, 2.75) is 19.4 Å². The Morgan fingerprint density at radius 3 is 2.62 bits per heavy atom. The van der Waals surface area contributed by atoms with E-state index < -0.39 is 0 Å². The van der Waals surface area contributed by atoms with Crippen LogP contribution in [0.2, 0.25) is 0 Å². The van der Waals surface area contributed by atoms with Crippen LogP contribution in [0.4, 0.5) is 4.39 Å². The number of halogens is 1. The van der Waals surface area contributed by atoms with Gasteiger partial charge in [0.15, 0.2) is 11.5 Å². The van der Waals surface area contributed by atoms with Crippen LogP contribution in [0.1, 0.15) is 12.8 Å². The smallest absolute Gasteiger partial charge is 0.266 e. The maximum atomic E-state index is 12.9. The van der Waals surface area contributed by atoms with E-state index in [1.54, 1.807) is 18.2 Å². The summed E-state index contributed by atoms with van der Waals surface area (Å²) >= 11 is 0. The van der Waals surface area contributed by atoms with E-state index in [1.807, 2.05) is 18.2 Å². The number of nitrogens with zero attached hydrogens (tertiary/aromatic N) is 2. The van der Waals surface area contributed by atoms with Crippen molar-refractivity contribution in [3.8, 4) is 28.5 Å². The van der Waals surface area contributed by atoms with Crippen molar-refractivity contribution < 1.29 is 18.6 Å². The summed E-state index contributed by atoms with van der Waals surface area (Å²) in [5, 5.41) is 4.47. The highest BCUT2D eigenvalue weighted by Gasteiger charge is 2.12. The Balaban J connectivity index is 1.43. The van der Waals surface area contributed by atoms with Crippen molar-refractivity contribution >= 4 is 0 Å². The van der Waals surface area contributed by atoms with Crippen molar-refractivity contribution in [1.29, 1.82) is 0 Å². The molecule has 2 aromatic carbocycles. The van der Waals surface area contributed by atoms with E-state index in [1.165, 1.54) is 22.9 Å². The summed E-state index contributed by atoms with van der Waals surface area (Å²) in [4.78, 5) is 12.2. The summed E-state index contributed by atoms with van der Waals surface area (Å²) < 4.78 is 31.3. The molecule has 2 heterocycles. The number of rotatable bonds is 6. The average Bonchev–Trinajstić information content (AvgIpc) is 2.98. The molecule has 1 aromatic heterocycles. The molecule has 0 spiro atoms. The van der Waals surface area contributed by atoms with Gasteiger partial charge >= 0.3 is 0 Å². The highest BCUT2D eigenvalue weighted by atomic mass is 19.1. The molecule has 0 unspecified atom stereocenters. The maximum absolute atomic E-state index is 12.9. The first kappa shape index (κ1) is 19.0. The van der Waals surface area contributed by atoms with Crippen molar-refractivity contribution in [1.82, 2.24) is 9.78 Å². The Morgan fingerprint density at radius 2 is 1.79 bits per heavy atom. The molecule has 29 heavy (non-hydrogen) atoms. The molecular formula is C22H21FN2O4. The van der Waals surface area contributed by atoms with Crippen LogP contribution in [0.5, 0.6) is 17.2 Å². The fraction of sp³-hybridized carbons (Fsp3) is 0.273. The average molecular weight is 396 g/mol. The molecule has 1 aliphatic rings. The Labute approximate surface area is 167 Å². The van der Waals surface area contributed by atoms with E-state index in [-0.39, 0.29) is 11.4 Å². The van der Waals surface area contributed by atoms with E-state index >= 15 is 0 Å². The van der Waals surface area contributed by atoms with Gasteiger partial charge in [0.2, 0.25) is 0 Å². The SMILES string of the molecule is O=c1ccc(-c2ccc3c(c2)OCCCO3)nn1CCCOc1ccc(F)cc1. The van der Waals surface area contributed by atoms with E-state index in [9.17, 15) is 9.18 Å². The van der Waals surface area contributed by atoms with Gasteiger partial charge in [0.1, 0.15) is 11.6 Å². The summed E-state index contributed by atoms with van der Waals surface area (Å²) in [6.07, 6.45) is 1.43. The predicted octanol–water partition coefficient (Wildman–Crippen LogP) is 3.68. The monoisotopic (exact) mass is 396 g/mol. The van der Waals surface area contributed by atoms with Crippen LogP contribution < -0.4 is 19.8 Å². The van der Waals surface area contributed by atoms with Crippen molar-refractivity contribution in [2.24, 2.45) is 0 Å². The van der Waals surface area contributed by atoms with E-state index in [2.05, 4.69) is 5.10 Å². The second kappa shape index (κ2) is 8.77. The fourth-order valence-corrected chi connectivity index (χ4v) is 3.02. The number of hydrogen-bond donors (Lipinski definition) is 0. The minimum Gasteiger partial charge on any atom is -0.494 e. The number of aryl methyl sites for hydroxylation is 1. The third-order valence-electron chi connectivity index (χ3n) is 4.51. The standard InChI is InChI=1S/C22H21FN2O4/c23-17-4-6-18(7-5-17)27-12-1-11-25-22(26)10-8-19(24-25)16-3-9-20-21(15-16)29-14-2-13-28-20/h3-10,15H,1-2,11-14H2. The summed E-state index contributed by atoms with van der Waals surface area (Å²) in [6.45, 7) is 2.05. The molecule has 0 saturated heterocycles.